The first-order chi connectivity index (χ1) is 13.1. The highest BCUT2D eigenvalue weighted by Crippen LogP contribution is 2.41. The lowest BCUT2D eigenvalue weighted by atomic mass is 9.71. The zero-order valence-corrected chi connectivity index (χ0v) is 14.0. The predicted molar refractivity (Wildman–Crippen MR) is 99.1 cm³/mol. The van der Waals surface area contributed by atoms with Crippen molar-refractivity contribution in [2.45, 2.75) is 5.41 Å². The van der Waals surface area contributed by atoms with Crippen LogP contribution in [-0.2, 0) is 15.0 Å². The Balaban J connectivity index is 1.91. The second-order valence-electron chi connectivity index (χ2n) is 6.48. The van der Waals surface area contributed by atoms with Crippen molar-refractivity contribution in [3.63, 3.8) is 0 Å². The molecule has 132 valence electrons. The lowest BCUT2D eigenvalue weighted by molar-refractivity contribution is -0.136. The van der Waals surface area contributed by atoms with E-state index in [4.69, 9.17) is 0 Å². The third-order valence-electron chi connectivity index (χ3n) is 5.12. The summed E-state index contributed by atoms with van der Waals surface area (Å²) in [5.74, 6) is -1.35. The van der Waals surface area contributed by atoms with Gasteiger partial charge in [-0.3, -0.25) is 20.2 Å². The van der Waals surface area contributed by atoms with Crippen molar-refractivity contribution in [1.82, 2.24) is 20.6 Å². The Morgan fingerprint density at radius 3 is 1.56 bits per heavy atom. The number of rotatable bonds is 2. The van der Waals surface area contributed by atoms with Crippen LogP contribution in [0.15, 0.2) is 60.9 Å². The zero-order valence-electron chi connectivity index (χ0n) is 14.0. The number of barbiturate groups is 1. The number of fused-ring (bicyclic) bond motifs is 2. The lowest BCUT2D eigenvalue weighted by Gasteiger charge is -2.33. The number of amides is 4. The molecule has 0 radical (unpaired) electrons. The normalized spacial score (nSPS) is 16.5. The van der Waals surface area contributed by atoms with E-state index in [1.54, 1.807) is 12.4 Å². The Bertz CT molecular complexity index is 1150. The molecule has 0 saturated carbocycles. The van der Waals surface area contributed by atoms with E-state index in [0.717, 1.165) is 21.8 Å². The number of para-hydroxylation sites is 2. The summed E-state index contributed by atoms with van der Waals surface area (Å²) in [5.41, 5.74) is 0.872. The second kappa shape index (κ2) is 5.31. The van der Waals surface area contributed by atoms with E-state index in [9.17, 15) is 14.4 Å². The van der Waals surface area contributed by atoms with Gasteiger partial charge in [0.2, 0.25) is 0 Å². The molecule has 27 heavy (non-hydrogen) atoms. The molecule has 2 aromatic heterocycles. The van der Waals surface area contributed by atoms with Crippen LogP contribution >= 0.6 is 0 Å². The van der Waals surface area contributed by atoms with Gasteiger partial charge in [0.25, 0.3) is 11.8 Å². The summed E-state index contributed by atoms with van der Waals surface area (Å²) in [6.07, 6.45) is 3.31. The SMILES string of the molecule is O=C1NC(=O)C(c2c[nH]c3ccccc23)(c2c[nH]c3ccccc23)C(=O)N1. The fourth-order valence-electron chi connectivity index (χ4n) is 3.93. The highest BCUT2D eigenvalue weighted by molar-refractivity contribution is 6.27. The maximum Gasteiger partial charge on any atom is 0.328 e. The minimum absolute atomic E-state index is 0.491. The number of imide groups is 2. The first-order valence-corrected chi connectivity index (χ1v) is 8.42. The van der Waals surface area contributed by atoms with Gasteiger partial charge in [-0.2, -0.15) is 0 Å². The Morgan fingerprint density at radius 1 is 0.630 bits per heavy atom. The Morgan fingerprint density at radius 2 is 1.07 bits per heavy atom. The number of aromatic nitrogens is 2. The van der Waals surface area contributed by atoms with Gasteiger partial charge in [0.1, 0.15) is 0 Å². The van der Waals surface area contributed by atoms with Gasteiger partial charge >= 0.3 is 6.03 Å². The number of carbonyl (C=O) groups is 3. The van der Waals surface area contributed by atoms with Crippen LogP contribution in [0.4, 0.5) is 4.79 Å². The monoisotopic (exact) mass is 358 g/mol. The van der Waals surface area contributed by atoms with E-state index in [1.807, 2.05) is 48.5 Å². The van der Waals surface area contributed by atoms with Crippen LogP contribution in [0, 0.1) is 0 Å². The van der Waals surface area contributed by atoms with Crippen LogP contribution < -0.4 is 10.6 Å². The number of nitrogens with one attached hydrogen (secondary N) is 4. The molecule has 4 aromatic rings. The van der Waals surface area contributed by atoms with Gasteiger partial charge in [-0.25, -0.2) is 4.79 Å². The van der Waals surface area contributed by atoms with Crippen molar-refractivity contribution in [2.75, 3.05) is 0 Å². The summed E-state index contributed by atoms with van der Waals surface area (Å²) in [5, 5.41) is 6.01. The first kappa shape index (κ1) is 15.4. The smallest absolute Gasteiger partial charge is 0.328 e. The summed E-state index contributed by atoms with van der Waals surface area (Å²) < 4.78 is 0. The number of benzene rings is 2. The maximum absolute atomic E-state index is 13.2. The van der Waals surface area contributed by atoms with Crippen LogP contribution in [-0.4, -0.2) is 27.8 Å². The molecule has 2 aromatic carbocycles. The fourth-order valence-corrected chi connectivity index (χ4v) is 3.93. The first-order valence-electron chi connectivity index (χ1n) is 8.42. The molecule has 5 rings (SSSR count). The molecule has 1 aliphatic rings. The maximum atomic E-state index is 13.2. The standard InChI is InChI=1S/C20H14N4O3/c25-17-20(18(26)24-19(27)23-17,13-9-21-15-7-3-1-5-11(13)15)14-10-22-16-8-4-2-6-12(14)16/h1-10,21-22H,(H2,23,24,25,26,27). The second-order valence-corrected chi connectivity index (χ2v) is 6.48. The molecule has 1 saturated heterocycles. The van der Waals surface area contributed by atoms with E-state index >= 15 is 0 Å². The van der Waals surface area contributed by atoms with E-state index < -0.39 is 23.3 Å². The summed E-state index contributed by atoms with van der Waals surface area (Å²) in [7, 11) is 0. The van der Waals surface area contributed by atoms with Crippen LogP contribution in [0.5, 0.6) is 0 Å². The quantitative estimate of drug-likeness (QED) is 0.413. The van der Waals surface area contributed by atoms with Gasteiger partial charge in [0, 0.05) is 45.3 Å². The predicted octanol–water partition coefficient (Wildman–Crippen LogP) is 2.30. The third-order valence-corrected chi connectivity index (χ3v) is 5.12. The molecule has 7 heteroatoms. The summed E-state index contributed by atoms with van der Waals surface area (Å²) in [6, 6.07) is 14.0. The molecule has 0 aliphatic carbocycles. The molecular formula is C20H14N4O3. The molecular weight excluding hydrogens is 344 g/mol. The summed E-state index contributed by atoms with van der Waals surface area (Å²) >= 11 is 0. The van der Waals surface area contributed by atoms with Crippen LogP contribution in [0.2, 0.25) is 0 Å². The topological polar surface area (TPSA) is 107 Å². The number of aromatic amines is 2. The highest BCUT2D eigenvalue weighted by Gasteiger charge is 2.55. The van der Waals surface area contributed by atoms with Gasteiger partial charge in [-0.15, -0.1) is 0 Å². The number of urea groups is 1. The molecule has 4 N–H and O–H groups in total. The minimum atomic E-state index is -1.70. The van der Waals surface area contributed by atoms with Gasteiger partial charge < -0.3 is 9.97 Å². The van der Waals surface area contributed by atoms with Crippen LogP contribution in [0.1, 0.15) is 11.1 Å². The van der Waals surface area contributed by atoms with E-state index in [-0.39, 0.29) is 0 Å². The molecule has 1 aliphatic heterocycles. The minimum Gasteiger partial charge on any atom is -0.361 e. The molecule has 7 nitrogen and oxygen atoms in total. The molecule has 1 fully saturated rings. The van der Waals surface area contributed by atoms with E-state index in [2.05, 4.69) is 20.6 Å². The van der Waals surface area contributed by atoms with E-state index in [0.29, 0.717) is 11.1 Å². The number of hydrogen-bond acceptors (Lipinski definition) is 3. The highest BCUT2D eigenvalue weighted by atomic mass is 16.2. The largest absolute Gasteiger partial charge is 0.361 e. The van der Waals surface area contributed by atoms with Crippen LogP contribution in [0.25, 0.3) is 21.8 Å². The molecule has 0 unspecified atom stereocenters. The van der Waals surface area contributed by atoms with Gasteiger partial charge in [-0.1, -0.05) is 36.4 Å². The Kier molecular flexibility index (Phi) is 3.03. The molecule has 0 spiro atoms. The third kappa shape index (κ3) is 1.93. The number of hydrogen-bond donors (Lipinski definition) is 4. The summed E-state index contributed by atoms with van der Waals surface area (Å²) in [4.78, 5) is 44.4. The molecule has 0 atom stereocenters. The van der Waals surface area contributed by atoms with Crippen molar-refractivity contribution in [2.24, 2.45) is 0 Å². The number of H-pyrrole nitrogens is 2. The van der Waals surface area contributed by atoms with Gasteiger partial charge in [0.05, 0.1) is 0 Å². The van der Waals surface area contributed by atoms with Crippen molar-refractivity contribution in [1.29, 1.82) is 0 Å². The van der Waals surface area contributed by atoms with Crippen molar-refractivity contribution in [3.8, 4) is 0 Å². The average molecular weight is 358 g/mol. The molecule has 3 heterocycles. The van der Waals surface area contributed by atoms with Crippen molar-refractivity contribution < 1.29 is 14.4 Å². The lowest BCUT2D eigenvalue weighted by Crippen LogP contribution is -2.65. The summed E-state index contributed by atoms with van der Waals surface area (Å²) in [6.45, 7) is 0. The van der Waals surface area contributed by atoms with Crippen molar-refractivity contribution in [3.05, 3.63) is 72.1 Å². The molecule has 0 bridgehead atoms. The Hall–Kier alpha value is -3.87. The van der Waals surface area contributed by atoms with Gasteiger partial charge in [0.15, 0.2) is 5.41 Å². The van der Waals surface area contributed by atoms with Gasteiger partial charge in [-0.05, 0) is 12.1 Å². The average Bonchev–Trinajstić information content (AvgIpc) is 3.27. The van der Waals surface area contributed by atoms with Crippen LogP contribution in [0.3, 0.4) is 0 Å². The number of carbonyl (C=O) groups excluding carboxylic acids is 3. The molecule has 4 amide bonds. The fraction of sp³-hybridized carbons (Fsp3) is 0.0500. The zero-order chi connectivity index (χ0) is 18.6. The van der Waals surface area contributed by atoms with Crippen molar-refractivity contribution >= 4 is 39.7 Å². The van der Waals surface area contributed by atoms with E-state index in [1.165, 1.54) is 0 Å². The Labute approximate surface area is 152 Å².